The largest absolute Gasteiger partial charge is 0.428 e. The lowest BCUT2D eigenvalue weighted by Crippen LogP contribution is -2.71. The average Bonchev–Trinajstić information content (AvgIpc) is 3.40. The number of likely N-dealkylation sites (tertiary alicyclic amines) is 1. The third-order valence-corrected chi connectivity index (χ3v) is 9.38. The van der Waals surface area contributed by atoms with Gasteiger partial charge in [-0.2, -0.15) is 31.3 Å². The molecule has 0 spiro atoms. The van der Waals surface area contributed by atoms with Crippen molar-refractivity contribution in [1.29, 1.82) is 0 Å². The van der Waals surface area contributed by atoms with E-state index in [1.165, 1.54) is 0 Å². The summed E-state index contributed by atoms with van der Waals surface area (Å²) in [4.78, 5) is 18.4. The number of halogens is 6. The van der Waals surface area contributed by atoms with E-state index in [0.717, 1.165) is 38.8 Å². The topological polar surface area (TPSA) is 53.9 Å². The van der Waals surface area contributed by atoms with Gasteiger partial charge < -0.3 is 15.0 Å². The van der Waals surface area contributed by atoms with Crippen LogP contribution in [0.25, 0.3) is 0 Å². The first kappa shape index (κ1) is 26.1. The van der Waals surface area contributed by atoms with Crippen molar-refractivity contribution in [3.63, 3.8) is 0 Å². The highest BCUT2D eigenvalue weighted by atomic mass is 32.2. The van der Waals surface area contributed by atoms with E-state index in [-0.39, 0.29) is 35.3 Å². The Morgan fingerprint density at radius 2 is 1.74 bits per heavy atom. The second-order valence-electron chi connectivity index (χ2n) is 10.3. The number of nitrogens with zero attached hydrogens (tertiary/aromatic N) is 2. The number of carbonyl (C=O) groups is 1. The van der Waals surface area contributed by atoms with Crippen LogP contribution in [0.4, 0.5) is 26.3 Å². The molecular weight excluding hydrogens is 484 g/mol. The monoisotopic (exact) mass is 515 g/mol. The molecule has 2 saturated carbocycles. The van der Waals surface area contributed by atoms with Crippen LogP contribution in [-0.2, 0) is 9.53 Å². The molecule has 0 aromatic carbocycles. The number of nitrogens with one attached hydrogen (secondary N) is 1. The zero-order chi connectivity index (χ0) is 24.9. The second kappa shape index (κ2) is 9.14. The Labute approximate surface area is 199 Å². The first-order valence-electron chi connectivity index (χ1n) is 11.8. The Morgan fingerprint density at radius 1 is 1.09 bits per heavy atom. The zero-order valence-electron chi connectivity index (χ0n) is 19.3. The van der Waals surface area contributed by atoms with Gasteiger partial charge in [0.15, 0.2) is 5.17 Å². The first-order valence-corrected chi connectivity index (χ1v) is 12.6. The van der Waals surface area contributed by atoms with Gasteiger partial charge >= 0.3 is 12.4 Å². The highest BCUT2D eigenvalue weighted by Gasteiger charge is 2.83. The Balaban J connectivity index is 1.53. The van der Waals surface area contributed by atoms with Crippen molar-refractivity contribution < 1.29 is 35.9 Å². The molecule has 0 aromatic rings. The molecule has 0 aromatic heterocycles. The molecule has 2 aliphatic carbocycles. The molecule has 4 atom stereocenters. The van der Waals surface area contributed by atoms with E-state index >= 15 is 0 Å². The molecule has 0 radical (unpaired) electrons. The fourth-order valence-electron chi connectivity index (χ4n) is 6.06. The molecule has 34 heavy (non-hydrogen) atoms. The summed E-state index contributed by atoms with van der Waals surface area (Å²) in [5, 5.41) is 2.80. The number of carbonyl (C=O) groups excluding carboxylic acids is 1. The van der Waals surface area contributed by atoms with E-state index in [4.69, 9.17) is 4.74 Å². The number of aliphatic imine (C=N–C) groups is 1. The van der Waals surface area contributed by atoms with Crippen molar-refractivity contribution in [2.24, 2.45) is 22.7 Å². The summed E-state index contributed by atoms with van der Waals surface area (Å²) in [5.41, 5.74) is -4.66. The number of piperidine rings is 1. The third-order valence-electron chi connectivity index (χ3n) is 8.11. The van der Waals surface area contributed by atoms with Crippen LogP contribution in [0.2, 0.25) is 0 Å². The van der Waals surface area contributed by atoms with Gasteiger partial charge in [0, 0.05) is 12.6 Å². The first-order chi connectivity index (χ1) is 15.8. The predicted octanol–water partition coefficient (Wildman–Crippen LogP) is 4.76. The number of fused-ring (bicyclic) bond motifs is 2. The minimum absolute atomic E-state index is 0.0265. The normalized spacial score (nSPS) is 33.6. The summed E-state index contributed by atoms with van der Waals surface area (Å²) in [6.07, 6.45) is -6.52. The van der Waals surface area contributed by atoms with Crippen molar-refractivity contribution in [2.45, 2.75) is 80.6 Å². The summed E-state index contributed by atoms with van der Waals surface area (Å²) in [7, 11) is 1.91. The van der Waals surface area contributed by atoms with E-state index in [1.54, 1.807) is 0 Å². The van der Waals surface area contributed by atoms with Crippen LogP contribution < -0.4 is 5.32 Å². The lowest BCUT2D eigenvalue weighted by Gasteiger charge is -2.45. The molecule has 3 fully saturated rings. The van der Waals surface area contributed by atoms with Crippen LogP contribution in [0.15, 0.2) is 4.99 Å². The van der Waals surface area contributed by atoms with Gasteiger partial charge in [0.2, 0.25) is 0 Å². The third kappa shape index (κ3) is 4.47. The summed E-state index contributed by atoms with van der Waals surface area (Å²) in [6, 6.07) is -0.0864. The second-order valence-corrected chi connectivity index (χ2v) is 11.8. The Hall–Kier alpha value is -1.01. The molecular formula is C22H31F6N3O2S. The number of amides is 1. The van der Waals surface area contributed by atoms with Crippen LogP contribution in [-0.4, -0.2) is 71.5 Å². The number of hydrogen-bond donors (Lipinski definition) is 1. The SMILES string of the molecule is CN1CCC(CCOC(C(F)(F)F)(C(F)(F)F)C2(C)SC(N[C@H]3C[C@@H]4CC[C@H]3C4)=NC2=O)CC1. The van der Waals surface area contributed by atoms with E-state index in [0.29, 0.717) is 31.6 Å². The van der Waals surface area contributed by atoms with Gasteiger partial charge in [0.1, 0.15) is 4.75 Å². The standard InChI is InChI=1S/C22H31F6N3O2S/c1-19(17(32)30-18(34-19)29-16-12-14-3-4-15(16)11-14)20(21(23,24)25,22(26,27)28)33-10-7-13-5-8-31(2)9-6-13/h13-16H,3-12H2,1-2H3,(H,29,30,32)/t14-,15+,16+,19?/m1/s1. The lowest BCUT2D eigenvalue weighted by atomic mass is 9.84. The van der Waals surface area contributed by atoms with E-state index in [9.17, 15) is 31.1 Å². The molecule has 4 aliphatic rings. The molecule has 12 heteroatoms. The molecule has 1 unspecified atom stereocenters. The van der Waals surface area contributed by atoms with Crippen molar-refractivity contribution in [3.8, 4) is 0 Å². The van der Waals surface area contributed by atoms with Gasteiger partial charge in [0.05, 0.1) is 0 Å². The fraction of sp³-hybridized carbons (Fsp3) is 0.909. The average molecular weight is 516 g/mol. The maximum Gasteiger partial charge on any atom is 0.428 e. The Morgan fingerprint density at radius 3 is 2.26 bits per heavy atom. The highest BCUT2D eigenvalue weighted by Crippen LogP contribution is 2.59. The molecule has 2 heterocycles. The molecule has 5 nitrogen and oxygen atoms in total. The number of rotatable bonds is 6. The zero-order valence-corrected chi connectivity index (χ0v) is 20.1. The maximum atomic E-state index is 14.3. The number of alkyl halides is 6. The van der Waals surface area contributed by atoms with Crippen LogP contribution in [0, 0.1) is 17.8 Å². The van der Waals surface area contributed by atoms with E-state index in [2.05, 4.69) is 15.2 Å². The van der Waals surface area contributed by atoms with Crippen LogP contribution >= 0.6 is 11.8 Å². The summed E-state index contributed by atoms with van der Waals surface area (Å²) < 4.78 is 87.7. The number of hydrogen-bond acceptors (Lipinski definition) is 5. The van der Waals surface area contributed by atoms with Gasteiger partial charge in [-0.15, -0.1) is 0 Å². The van der Waals surface area contributed by atoms with E-state index in [1.807, 2.05) is 7.05 Å². The molecule has 4 rings (SSSR count). The van der Waals surface area contributed by atoms with Crippen LogP contribution in [0.3, 0.4) is 0 Å². The minimum Gasteiger partial charge on any atom is -0.361 e. The van der Waals surface area contributed by atoms with Crippen molar-refractivity contribution >= 4 is 22.8 Å². The number of amidine groups is 1. The number of ether oxygens (including phenoxy) is 1. The Kier molecular flexibility index (Phi) is 7.00. The van der Waals surface area contributed by atoms with Crippen LogP contribution in [0.5, 0.6) is 0 Å². The molecule has 2 bridgehead atoms. The highest BCUT2D eigenvalue weighted by molar-refractivity contribution is 8.16. The maximum absolute atomic E-state index is 14.3. The van der Waals surface area contributed by atoms with E-state index < -0.39 is 35.2 Å². The van der Waals surface area contributed by atoms with Gasteiger partial charge in [-0.3, -0.25) is 4.79 Å². The molecule has 194 valence electrons. The number of thioether (sulfide) groups is 1. The Bertz CT molecular complexity index is 797. The molecule has 1 saturated heterocycles. The van der Waals surface area contributed by atoms with Crippen molar-refractivity contribution in [3.05, 3.63) is 0 Å². The predicted molar refractivity (Wildman–Crippen MR) is 116 cm³/mol. The summed E-state index contributed by atoms with van der Waals surface area (Å²) in [5.74, 6) is -0.696. The van der Waals surface area contributed by atoms with Crippen molar-refractivity contribution in [2.75, 3.05) is 26.7 Å². The van der Waals surface area contributed by atoms with Gasteiger partial charge in [0.25, 0.3) is 11.5 Å². The quantitative estimate of drug-likeness (QED) is 0.517. The summed E-state index contributed by atoms with van der Waals surface area (Å²) in [6.45, 7) is 1.38. The molecule has 1 N–H and O–H groups in total. The van der Waals surface area contributed by atoms with Gasteiger partial charge in [-0.1, -0.05) is 18.2 Å². The molecule has 1 amide bonds. The van der Waals surface area contributed by atoms with Crippen LogP contribution in [0.1, 0.15) is 51.9 Å². The fourth-order valence-corrected chi connectivity index (χ4v) is 7.35. The summed E-state index contributed by atoms with van der Waals surface area (Å²) >= 11 is 0.200. The van der Waals surface area contributed by atoms with Gasteiger partial charge in [-0.25, -0.2) is 0 Å². The van der Waals surface area contributed by atoms with Crippen molar-refractivity contribution in [1.82, 2.24) is 10.2 Å². The minimum atomic E-state index is -5.87. The lowest BCUT2D eigenvalue weighted by molar-refractivity contribution is -0.386. The smallest absolute Gasteiger partial charge is 0.361 e. The molecule has 2 aliphatic heterocycles. The van der Waals surface area contributed by atoms with Gasteiger partial charge in [-0.05, 0) is 83.3 Å².